The van der Waals surface area contributed by atoms with Crippen molar-refractivity contribution >= 4 is 15.9 Å². The average Bonchev–Trinajstić information content (AvgIpc) is 3.20. The molecule has 1 aromatic carbocycles. The molecular formula is C20H25FN2O4S. The van der Waals surface area contributed by atoms with Crippen molar-refractivity contribution in [3.8, 4) is 0 Å². The number of nitrogens with one attached hydrogen (secondary N) is 1. The molecule has 152 valence electrons. The Labute approximate surface area is 164 Å². The first-order chi connectivity index (χ1) is 13.4. The number of hydrogen-bond acceptors (Lipinski definition) is 4. The molecule has 1 amide bonds. The molecule has 6 nitrogen and oxygen atoms in total. The number of piperidine rings is 1. The van der Waals surface area contributed by atoms with Crippen molar-refractivity contribution in [3.63, 3.8) is 0 Å². The summed E-state index contributed by atoms with van der Waals surface area (Å²) in [5.41, 5.74) is 0. The quantitative estimate of drug-likeness (QED) is 0.764. The minimum Gasteiger partial charge on any atom is -0.469 e. The van der Waals surface area contributed by atoms with E-state index in [-0.39, 0.29) is 35.9 Å². The van der Waals surface area contributed by atoms with Gasteiger partial charge in [0.1, 0.15) is 11.6 Å². The Bertz CT molecular complexity index is 873. The molecule has 28 heavy (non-hydrogen) atoms. The molecule has 1 atom stereocenters. The van der Waals surface area contributed by atoms with Crippen LogP contribution < -0.4 is 5.32 Å². The molecule has 8 heteroatoms. The van der Waals surface area contributed by atoms with Crippen LogP contribution in [0, 0.1) is 11.7 Å². The number of amides is 1. The van der Waals surface area contributed by atoms with Crippen LogP contribution in [0.2, 0.25) is 0 Å². The van der Waals surface area contributed by atoms with Crippen LogP contribution in [0.4, 0.5) is 4.39 Å². The Hall–Kier alpha value is -2.19. The maximum absolute atomic E-state index is 13.0. The predicted molar refractivity (Wildman–Crippen MR) is 103 cm³/mol. The number of furan rings is 1. The van der Waals surface area contributed by atoms with E-state index in [9.17, 15) is 17.6 Å². The molecule has 0 aliphatic carbocycles. The maximum Gasteiger partial charge on any atom is 0.243 e. The molecule has 1 aromatic heterocycles. The summed E-state index contributed by atoms with van der Waals surface area (Å²) in [6.07, 6.45) is 4.10. The molecule has 3 rings (SSSR count). The molecule has 0 spiro atoms. The summed E-state index contributed by atoms with van der Waals surface area (Å²) in [7, 11) is -3.66. The summed E-state index contributed by atoms with van der Waals surface area (Å²) in [6, 6.07) is 8.57. The number of benzene rings is 1. The molecule has 1 aliphatic rings. The number of rotatable bonds is 7. The van der Waals surface area contributed by atoms with Crippen molar-refractivity contribution in [2.45, 2.75) is 43.5 Å². The summed E-state index contributed by atoms with van der Waals surface area (Å²) in [5, 5.41) is 3.01. The highest BCUT2D eigenvalue weighted by molar-refractivity contribution is 7.89. The SMILES string of the molecule is C[C@H](CCc1ccco1)NC(=O)C1CCN(S(=O)(=O)c2ccc(F)cc2)CC1. The number of halogens is 1. The number of nitrogens with zero attached hydrogens (tertiary/aromatic N) is 1. The monoisotopic (exact) mass is 408 g/mol. The van der Waals surface area contributed by atoms with Crippen molar-refractivity contribution in [1.82, 2.24) is 9.62 Å². The Morgan fingerprint density at radius 3 is 2.54 bits per heavy atom. The van der Waals surface area contributed by atoms with E-state index in [1.807, 2.05) is 19.1 Å². The smallest absolute Gasteiger partial charge is 0.243 e. The molecule has 0 bridgehead atoms. The van der Waals surface area contributed by atoms with Crippen LogP contribution >= 0.6 is 0 Å². The highest BCUT2D eigenvalue weighted by Crippen LogP contribution is 2.24. The van der Waals surface area contributed by atoms with Gasteiger partial charge in [-0.25, -0.2) is 12.8 Å². The highest BCUT2D eigenvalue weighted by Gasteiger charge is 2.32. The van der Waals surface area contributed by atoms with Gasteiger partial charge in [-0.1, -0.05) is 0 Å². The first kappa shape index (κ1) is 20.5. The topological polar surface area (TPSA) is 79.6 Å². The van der Waals surface area contributed by atoms with Crippen LogP contribution in [0.15, 0.2) is 52.0 Å². The molecular weight excluding hydrogens is 383 g/mol. The molecule has 1 aliphatic heterocycles. The fraction of sp³-hybridized carbons (Fsp3) is 0.450. The summed E-state index contributed by atoms with van der Waals surface area (Å²) in [4.78, 5) is 12.6. The third kappa shape index (κ3) is 4.99. The number of hydrogen-bond donors (Lipinski definition) is 1. The van der Waals surface area contributed by atoms with Crippen LogP contribution in [0.25, 0.3) is 0 Å². The van der Waals surface area contributed by atoms with E-state index >= 15 is 0 Å². The van der Waals surface area contributed by atoms with Gasteiger partial charge >= 0.3 is 0 Å². The van der Waals surface area contributed by atoms with E-state index in [1.54, 1.807) is 6.26 Å². The highest BCUT2D eigenvalue weighted by atomic mass is 32.2. The Morgan fingerprint density at radius 1 is 1.25 bits per heavy atom. The largest absolute Gasteiger partial charge is 0.469 e. The van der Waals surface area contributed by atoms with Crippen molar-refractivity contribution in [3.05, 3.63) is 54.2 Å². The van der Waals surface area contributed by atoms with E-state index in [0.29, 0.717) is 12.8 Å². The maximum atomic E-state index is 13.0. The summed E-state index contributed by atoms with van der Waals surface area (Å²) in [5.74, 6) is 0.174. The van der Waals surface area contributed by atoms with Crippen LogP contribution in [-0.2, 0) is 21.2 Å². The second-order valence-corrected chi connectivity index (χ2v) is 9.10. The normalized spacial score (nSPS) is 17.4. The number of carbonyl (C=O) groups excluding carboxylic acids is 1. The average molecular weight is 408 g/mol. The van der Waals surface area contributed by atoms with Crippen molar-refractivity contribution < 1.29 is 22.0 Å². The second-order valence-electron chi connectivity index (χ2n) is 7.16. The van der Waals surface area contributed by atoms with E-state index in [2.05, 4.69) is 5.32 Å². The van der Waals surface area contributed by atoms with Crippen molar-refractivity contribution in [2.24, 2.45) is 5.92 Å². The van der Waals surface area contributed by atoms with Gasteiger partial charge in [0.05, 0.1) is 11.2 Å². The lowest BCUT2D eigenvalue weighted by Crippen LogP contribution is -2.44. The second kappa shape index (κ2) is 8.87. The zero-order valence-electron chi connectivity index (χ0n) is 15.8. The summed E-state index contributed by atoms with van der Waals surface area (Å²) >= 11 is 0. The molecule has 2 aromatic rings. The number of sulfonamides is 1. The minimum atomic E-state index is -3.66. The van der Waals surface area contributed by atoms with Gasteiger partial charge in [0.2, 0.25) is 15.9 Å². The molecule has 1 fully saturated rings. The van der Waals surface area contributed by atoms with E-state index in [1.165, 1.54) is 16.4 Å². The van der Waals surface area contributed by atoms with Crippen LogP contribution in [0.3, 0.4) is 0 Å². The lowest BCUT2D eigenvalue weighted by molar-refractivity contribution is -0.126. The van der Waals surface area contributed by atoms with Crippen LogP contribution in [-0.4, -0.2) is 37.8 Å². The standard InChI is InChI=1S/C20H25FN2O4S/c1-15(4-7-18-3-2-14-27-18)22-20(24)16-10-12-23(13-11-16)28(25,26)19-8-5-17(21)6-9-19/h2-3,5-6,8-9,14-16H,4,7,10-13H2,1H3,(H,22,24)/t15-/m1/s1. The lowest BCUT2D eigenvalue weighted by Gasteiger charge is -2.31. The Morgan fingerprint density at radius 2 is 1.93 bits per heavy atom. The van der Waals surface area contributed by atoms with Crippen molar-refractivity contribution in [2.75, 3.05) is 13.1 Å². The van der Waals surface area contributed by atoms with Gasteiger partial charge in [0.25, 0.3) is 0 Å². The third-order valence-electron chi connectivity index (χ3n) is 5.07. The van der Waals surface area contributed by atoms with Gasteiger partial charge in [-0.3, -0.25) is 4.79 Å². The molecule has 1 saturated heterocycles. The first-order valence-electron chi connectivity index (χ1n) is 9.45. The van der Waals surface area contributed by atoms with Crippen LogP contribution in [0.5, 0.6) is 0 Å². The van der Waals surface area contributed by atoms with Gasteiger partial charge in [-0.05, 0) is 62.6 Å². The third-order valence-corrected chi connectivity index (χ3v) is 6.98. The molecule has 0 saturated carbocycles. The predicted octanol–water partition coefficient (Wildman–Crippen LogP) is 2.96. The van der Waals surface area contributed by atoms with Crippen LogP contribution in [0.1, 0.15) is 31.9 Å². The fourth-order valence-electron chi connectivity index (χ4n) is 3.36. The number of carbonyl (C=O) groups is 1. The van der Waals surface area contributed by atoms with Gasteiger partial charge in [0.15, 0.2) is 0 Å². The first-order valence-corrected chi connectivity index (χ1v) is 10.9. The summed E-state index contributed by atoms with van der Waals surface area (Å²) < 4.78 is 45.0. The van der Waals surface area contributed by atoms with Gasteiger partial charge in [-0.15, -0.1) is 0 Å². The van der Waals surface area contributed by atoms with E-state index < -0.39 is 15.8 Å². The zero-order chi connectivity index (χ0) is 20.1. The Balaban J connectivity index is 1.48. The van der Waals surface area contributed by atoms with Crippen molar-refractivity contribution in [1.29, 1.82) is 0 Å². The minimum absolute atomic E-state index is 0.0126. The van der Waals surface area contributed by atoms with E-state index in [4.69, 9.17) is 4.42 Å². The molecule has 0 unspecified atom stereocenters. The zero-order valence-corrected chi connectivity index (χ0v) is 16.6. The van der Waals surface area contributed by atoms with Gasteiger partial charge in [-0.2, -0.15) is 4.31 Å². The fourth-order valence-corrected chi connectivity index (χ4v) is 4.83. The lowest BCUT2D eigenvalue weighted by atomic mass is 9.96. The van der Waals surface area contributed by atoms with Gasteiger partial charge in [0, 0.05) is 31.5 Å². The molecule has 0 radical (unpaired) electrons. The van der Waals surface area contributed by atoms with E-state index in [0.717, 1.165) is 30.7 Å². The summed E-state index contributed by atoms with van der Waals surface area (Å²) in [6.45, 7) is 2.51. The number of aryl methyl sites for hydroxylation is 1. The Kier molecular flexibility index (Phi) is 6.51. The molecule has 1 N–H and O–H groups in total. The molecule has 2 heterocycles. The van der Waals surface area contributed by atoms with Gasteiger partial charge < -0.3 is 9.73 Å².